The lowest BCUT2D eigenvalue weighted by Gasteiger charge is -2.13. The first-order chi connectivity index (χ1) is 7.29. The van der Waals surface area contributed by atoms with Crippen molar-refractivity contribution >= 4 is 11.8 Å². The van der Waals surface area contributed by atoms with E-state index in [0.717, 1.165) is 24.7 Å². The molecule has 1 aromatic carbocycles. The van der Waals surface area contributed by atoms with Crippen molar-refractivity contribution in [1.29, 1.82) is 0 Å². The van der Waals surface area contributed by atoms with Crippen LogP contribution in [-0.2, 0) is 6.54 Å². The van der Waals surface area contributed by atoms with Gasteiger partial charge in [-0.1, -0.05) is 18.2 Å². The molecule has 0 aliphatic carbocycles. The summed E-state index contributed by atoms with van der Waals surface area (Å²) in [6.07, 6.45) is 2.09. The molecular formula is C12H19NOS. The molecule has 0 spiro atoms. The first kappa shape index (κ1) is 12.4. The zero-order valence-corrected chi connectivity index (χ0v) is 10.5. The molecule has 0 saturated carbocycles. The Morgan fingerprint density at radius 3 is 2.87 bits per heavy atom. The number of hydrogen-bond donors (Lipinski definition) is 1. The highest BCUT2D eigenvalue weighted by Crippen LogP contribution is 2.23. The van der Waals surface area contributed by atoms with Crippen molar-refractivity contribution in [1.82, 2.24) is 5.32 Å². The van der Waals surface area contributed by atoms with E-state index in [9.17, 15) is 0 Å². The third-order valence-electron chi connectivity index (χ3n) is 2.19. The highest BCUT2D eigenvalue weighted by atomic mass is 32.2. The lowest BCUT2D eigenvalue weighted by molar-refractivity contribution is 0.337. The molecule has 0 heterocycles. The fourth-order valence-electron chi connectivity index (χ4n) is 1.48. The van der Waals surface area contributed by atoms with Crippen LogP contribution in [0.1, 0.15) is 11.1 Å². The number of benzene rings is 1. The van der Waals surface area contributed by atoms with Crippen molar-refractivity contribution in [3.63, 3.8) is 0 Å². The molecule has 3 heteroatoms. The van der Waals surface area contributed by atoms with Crippen LogP contribution in [0, 0.1) is 6.92 Å². The minimum absolute atomic E-state index is 0.780. The Kier molecular flexibility index (Phi) is 5.58. The van der Waals surface area contributed by atoms with Crippen molar-refractivity contribution in [2.24, 2.45) is 0 Å². The molecule has 0 bridgehead atoms. The summed E-state index contributed by atoms with van der Waals surface area (Å²) in [4.78, 5) is 0. The van der Waals surface area contributed by atoms with E-state index in [0.29, 0.717) is 0 Å². The molecule has 0 aliphatic heterocycles. The van der Waals surface area contributed by atoms with E-state index in [4.69, 9.17) is 4.74 Å². The Bertz CT molecular complexity index is 302. The second-order valence-corrected chi connectivity index (χ2v) is 4.42. The summed E-state index contributed by atoms with van der Waals surface area (Å²) in [5.41, 5.74) is 2.45. The van der Waals surface area contributed by atoms with Crippen LogP contribution in [-0.4, -0.2) is 25.7 Å². The van der Waals surface area contributed by atoms with E-state index in [1.54, 1.807) is 11.8 Å². The fraction of sp³-hybridized carbons (Fsp3) is 0.500. The number of nitrogens with one attached hydrogen (secondary N) is 1. The van der Waals surface area contributed by atoms with Crippen LogP contribution in [0.5, 0.6) is 5.75 Å². The van der Waals surface area contributed by atoms with Gasteiger partial charge in [-0.25, -0.2) is 0 Å². The van der Waals surface area contributed by atoms with Crippen molar-refractivity contribution in [2.45, 2.75) is 13.5 Å². The summed E-state index contributed by atoms with van der Waals surface area (Å²) in [5.74, 6) is 2.08. The standard InChI is InChI=1S/C12H19NOS/c1-10-5-4-6-11(9-13-2)12(10)14-7-8-15-3/h4-6,13H,7-9H2,1-3H3. The van der Waals surface area contributed by atoms with Gasteiger partial charge in [0.05, 0.1) is 6.61 Å². The second-order valence-electron chi connectivity index (χ2n) is 3.43. The van der Waals surface area contributed by atoms with Crippen LogP contribution in [0.15, 0.2) is 18.2 Å². The Morgan fingerprint density at radius 2 is 2.20 bits per heavy atom. The minimum Gasteiger partial charge on any atom is -0.492 e. The van der Waals surface area contributed by atoms with Crippen LogP contribution in [0.3, 0.4) is 0 Å². The van der Waals surface area contributed by atoms with Gasteiger partial charge in [0, 0.05) is 17.9 Å². The number of hydrogen-bond acceptors (Lipinski definition) is 3. The van der Waals surface area contributed by atoms with Gasteiger partial charge in [0.15, 0.2) is 0 Å². The molecule has 1 N–H and O–H groups in total. The van der Waals surface area contributed by atoms with Crippen molar-refractivity contribution in [3.05, 3.63) is 29.3 Å². The van der Waals surface area contributed by atoms with Crippen LogP contribution < -0.4 is 10.1 Å². The highest BCUT2D eigenvalue weighted by molar-refractivity contribution is 7.98. The Morgan fingerprint density at radius 1 is 1.40 bits per heavy atom. The topological polar surface area (TPSA) is 21.3 Å². The van der Waals surface area contributed by atoms with Crippen LogP contribution >= 0.6 is 11.8 Å². The van der Waals surface area contributed by atoms with Gasteiger partial charge in [0.2, 0.25) is 0 Å². The largest absolute Gasteiger partial charge is 0.492 e. The molecule has 1 aromatic rings. The number of aryl methyl sites for hydroxylation is 1. The SMILES string of the molecule is CNCc1cccc(C)c1OCCSC. The van der Waals surface area contributed by atoms with E-state index in [2.05, 4.69) is 36.7 Å². The molecule has 0 atom stereocenters. The van der Waals surface area contributed by atoms with E-state index >= 15 is 0 Å². The van der Waals surface area contributed by atoms with Crippen LogP contribution in [0.2, 0.25) is 0 Å². The van der Waals surface area contributed by atoms with E-state index < -0.39 is 0 Å². The lowest BCUT2D eigenvalue weighted by atomic mass is 10.1. The predicted octanol–water partition coefficient (Wildman–Crippen LogP) is 2.46. The molecular weight excluding hydrogens is 206 g/mol. The van der Waals surface area contributed by atoms with Gasteiger partial charge in [-0.15, -0.1) is 0 Å². The minimum atomic E-state index is 0.780. The van der Waals surface area contributed by atoms with Crippen LogP contribution in [0.4, 0.5) is 0 Å². The van der Waals surface area contributed by atoms with Crippen molar-refractivity contribution < 1.29 is 4.74 Å². The van der Waals surface area contributed by atoms with Gasteiger partial charge in [-0.3, -0.25) is 0 Å². The molecule has 15 heavy (non-hydrogen) atoms. The quantitative estimate of drug-likeness (QED) is 0.751. The molecule has 0 aromatic heterocycles. The van der Waals surface area contributed by atoms with E-state index in [-0.39, 0.29) is 0 Å². The predicted molar refractivity (Wildman–Crippen MR) is 67.8 cm³/mol. The second kappa shape index (κ2) is 6.75. The van der Waals surface area contributed by atoms with Gasteiger partial charge in [0.1, 0.15) is 5.75 Å². The molecule has 0 radical (unpaired) electrons. The summed E-state index contributed by atoms with van der Waals surface area (Å²) in [6, 6.07) is 6.27. The van der Waals surface area contributed by atoms with E-state index in [1.807, 2.05) is 7.05 Å². The molecule has 84 valence electrons. The number of thioether (sulfide) groups is 1. The molecule has 2 nitrogen and oxygen atoms in total. The van der Waals surface area contributed by atoms with Crippen molar-refractivity contribution in [2.75, 3.05) is 25.7 Å². The van der Waals surface area contributed by atoms with Gasteiger partial charge in [0.25, 0.3) is 0 Å². The molecule has 0 fully saturated rings. The molecule has 1 rings (SSSR count). The summed E-state index contributed by atoms with van der Waals surface area (Å²) < 4.78 is 5.80. The lowest BCUT2D eigenvalue weighted by Crippen LogP contribution is -2.09. The third kappa shape index (κ3) is 3.76. The van der Waals surface area contributed by atoms with Crippen LogP contribution in [0.25, 0.3) is 0 Å². The maximum atomic E-state index is 5.80. The Balaban J connectivity index is 2.72. The zero-order valence-electron chi connectivity index (χ0n) is 9.67. The molecule has 0 amide bonds. The summed E-state index contributed by atoms with van der Waals surface area (Å²) in [6.45, 7) is 3.73. The highest BCUT2D eigenvalue weighted by Gasteiger charge is 2.05. The van der Waals surface area contributed by atoms with Gasteiger partial charge in [-0.05, 0) is 25.8 Å². The maximum absolute atomic E-state index is 5.80. The molecule has 0 saturated heterocycles. The molecule has 0 aliphatic rings. The maximum Gasteiger partial charge on any atom is 0.126 e. The van der Waals surface area contributed by atoms with E-state index in [1.165, 1.54) is 11.1 Å². The average Bonchev–Trinajstić information content (AvgIpc) is 2.23. The number of para-hydroxylation sites is 1. The smallest absolute Gasteiger partial charge is 0.126 e. The third-order valence-corrected chi connectivity index (χ3v) is 2.77. The fourth-order valence-corrected chi connectivity index (χ4v) is 1.73. The normalized spacial score (nSPS) is 10.3. The zero-order chi connectivity index (χ0) is 11.1. The Labute approximate surface area is 96.4 Å². The van der Waals surface area contributed by atoms with Crippen molar-refractivity contribution in [3.8, 4) is 5.75 Å². The number of rotatable bonds is 6. The monoisotopic (exact) mass is 225 g/mol. The number of ether oxygens (including phenoxy) is 1. The Hall–Kier alpha value is -0.670. The average molecular weight is 225 g/mol. The van der Waals surface area contributed by atoms with Gasteiger partial charge in [-0.2, -0.15) is 11.8 Å². The summed E-state index contributed by atoms with van der Waals surface area (Å²) in [7, 11) is 1.95. The van der Waals surface area contributed by atoms with Gasteiger partial charge < -0.3 is 10.1 Å². The first-order valence-corrected chi connectivity index (χ1v) is 6.53. The first-order valence-electron chi connectivity index (χ1n) is 5.14. The summed E-state index contributed by atoms with van der Waals surface area (Å²) >= 11 is 1.81. The summed E-state index contributed by atoms with van der Waals surface area (Å²) in [5, 5.41) is 3.16. The van der Waals surface area contributed by atoms with Gasteiger partial charge >= 0.3 is 0 Å². The molecule has 0 unspecified atom stereocenters.